The third-order valence-corrected chi connectivity index (χ3v) is 7.87. The Kier molecular flexibility index (Phi) is 7.81. The first-order chi connectivity index (χ1) is 17.3. The lowest BCUT2D eigenvalue weighted by Crippen LogP contribution is -2.40. The van der Waals surface area contributed by atoms with Crippen molar-refractivity contribution in [3.63, 3.8) is 0 Å². The van der Waals surface area contributed by atoms with E-state index in [4.69, 9.17) is 16.3 Å². The molecule has 4 rings (SSSR count). The lowest BCUT2D eigenvalue weighted by Gasteiger charge is -2.24. The van der Waals surface area contributed by atoms with Crippen LogP contribution in [0.4, 0.5) is 11.4 Å². The summed E-state index contributed by atoms with van der Waals surface area (Å²) in [6.45, 7) is 0.431. The summed E-state index contributed by atoms with van der Waals surface area (Å²) in [6.07, 6.45) is 1.35. The van der Waals surface area contributed by atoms with E-state index in [9.17, 15) is 18.0 Å². The molecule has 8 nitrogen and oxygen atoms in total. The highest BCUT2D eigenvalue weighted by Gasteiger charge is 2.27. The van der Waals surface area contributed by atoms with Crippen LogP contribution < -0.4 is 19.3 Å². The minimum Gasteiger partial charge on any atom is -0.497 e. The third kappa shape index (κ3) is 5.80. The number of hydrogen-bond donors (Lipinski definition) is 1. The van der Waals surface area contributed by atoms with Crippen molar-refractivity contribution in [3.8, 4) is 5.75 Å². The molecule has 0 radical (unpaired) electrons. The SMILES string of the molecule is COc1ccc(S(=O)(=O)N(CC(=O)NCc2cccc(N3CCCC3=O)c2)c2ccc(Cl)cc2)cc1. The summed E-state index contributed by atoms with van der Waals surface area (Å²) in [5.74, 6) is 0.116. The zero-order chi connectivity index (χ0) is 25.7. The smallest absolute Gasteiger partial charge is 0.264 e. The molecule has 0 aromatic heterocycles. The van der Waals surface area contributed by atoms with Gasteiger partial charge in [0.2, 0.25) is 11.8 Å². The second kappa shape index (κ2) is 11.0. The average molecular weight is 528 g/mol. The molecule has 188 valence electrons. The minimum atomic E-state index is -4.06. The lowest BCUT2D eigenvalue weighted by atomic mass is 10.2. The Balaban J connectivity index is 1.51. The fourth-order valence-corrected chi connectivity index (χ4v) is 5.49. The molecule has 1 N–H and O–H groups in total. The number of benzene rings is 3. The minimum absolute atomic E-state index is 0.0223. The van der Waals surface area contributed by atoms with E-state index in [0.29, 0.717) is 29.4 Å². The number of anilines is 2. The number of rotatable bonds is 9. The molecule has 2 amide bonds. The highest BCUT2D eigenvalue weighted by atomic mass is 35.5. The maximum atomic E-state index is 13.5. The van der Waals surface area contributed by atoms with Gasteiger partial charge in [-0.1, -0.05) is 23.7 Å². The number of hydrogen-bond acceptors (Lipinski definition) is 5. The topological polar surface area (TPSA) is 96.0 Å². The first kappa shape index (κ1) is 25.5. The Labute approximate surface area is 215 Å². The van der Waals surface area contributed by atoms with Gasteiger partial charge in [-0.15, -0.1) is 0 Å². The van der Waals surface area contributed by atoms with E-state index >= 15 is 0 Å². The highest BCUT2D eigenvalue weighted by Crippen LogP contribution is 2.26. The monoisotopic (exact) mass is 527 g/mol. The molecule has 1 aliphatic rings. The molecule has 36 heavy (non-hydrogen) atoms. The van der Waals surface area contributed by atoms with Crippen molar-refractivity contribution in [1.29, 1.82) is 0 Å². The predicted molar refractivity (Wildman–Crippen MR) is 139 cm³/mol. The number of ether oxygens (including phenoxy) is 1. The summed E-state index contributed by atoms with van der Waals surface area (Å²) in [6, 6.07) is 19.6. The first-order valence-electron chi connectivity index (χ1n) is 11.4. The number of amides is 2. The van der Waals surface area contributed by atoms with Gasteiger partial charge in [0.25, 0.3) is 10.0 Å². The number of nitrogens with zero attached hydrogens (tertiary/aromatic N) is 2. The second-order valence-corrected chi connectivity index (χ2v) is 10.6. The van der Waals surface area contributed by atoms with E-state index in [1.807, 2.05) is 24.3 Å². The molecular weight excluding hydrogens is 502 g/mol. The normalized spacial score (nSPS) is 13.5. The summed E-state index contributed by atoms with van der Waals surface area (Å²) >= 11 is 5.99. The highest BCUT2D eigenvalue weighted by molar-refractivity contribution is 7.92. The van der Waals surface area contributed by atoms with Gasteiger partial charge < -0.3 is 15.0 Å². The third-order valence-electron chi connectivity index (χ3n) is 5.83. The molecule has 0 spiro atoms. The van der Waals surface area contributed by atoms with Crippen molar-refractivity contribution in [2.75, 3.05) is 29.4 Å². The van der Waals surface area contributed by atoms with Crippen LogP contribution in [0.2, 0.25) is 5.02 Å². The number of carbonyl (C=O) groups is 2. The Bertz CT molecular complexity index is 1340. The van der Waals surface area contributed by atoms with Gasteiger partial charge in [-0.2, -0.15) is 0 Å². The van der Waals surface area contributed by atoms with Crippen molar-refractivity contribution >= 4 is 44.8 Å². The predicted octanol–water partition coefficient (Wildman–Crippen LogP) is 3.99. The van der Waals surface area contributed by atoms with Gasteiger partial charge in [-0.25, -0.2) is 8.42 Å². The van der Waals surface area contributed by atoms with Crippen LogP contribution in [0.5, 0.6) is 5.75 Å². The fraction of sp³-hybridized carbons (Fsp3) is 0.231. The molecule has 0 bridgehead atoms. The van der Waals surface area contributed by atoms with Gasteiger partial charge in [0.1, 0.15) is 12.3 Å². The molecule has 1 heterocycles. The Hall–Kier alpha value is -3.56. The molecule has 0 unspecified atom stereocenters. The quantitative estimate of drug-likeness (QED) is 0.454. The van der Waals surface area contributed by atoms with E-state index in [-0.39, 0.29) is 17.3 Å². The van der Waals surface area contributed by atoms with Gasteiger partial charge >= 0.3 is 0 Å². The lowest BCUT2D eigenvalue weighted by molar-refractivity contribution is -0.120. The van der Waals surface area contributed by atoms with Crippen LogP contribution in [-0.2, 0) is 26.2 Å². The Morgan fingerprint density at radius 2 is 1.81 bits per heavy atom. The van der Waals surface area contributed by atoms with E-state index in [1.54, 1.807) is 41.3 Å². The van der Waals surface area contributed by atoms with Gasteiger partial charge in [-0.05, 0) is 72.6 Å². The summed E-state index contributed by atoms with van der Waals surface area (Å²) in [7, 11) is -2.57. The zero-order valence-corrected chi connectivity index (χ0v) is 21.3. The summed E-state index contributed by atoms with van der Waals surface area (Å²) in [4.78, 5) is 26.7. The Morgan fingerprint density at radius 1 is 1.08 bits per heavy atom. The summed E-state index contributed by atoms with van der Waals surface area (Å²) in [5, 5.41) is 3.23. The van der Waals surface area contributed by atoms with Gasteiger partial charge in [0, 0.05) is 30.2 Å². The van der Waals surface area contributed by atoms with E-state index in [1.165, 1.54) is 19.2 Å². The van der Waals surface area contributed by atoms with Crippen LogP contribution in [-0.4, -0.2) is 40.4 Å². The second-order valence-electron chi connectivity index (χ2n) is 8.26. The fourth-order valence-electron chi connectivity index (χ4n) is 3.94. The molecule has 0 atom stereocenters. The molecular formula is C26H26ClN3O5S. The number of carbonyl (C=O) groups excluding carboxylic acids is 2. The number of nitrogens with one attached hydrogen (secondary N) is 1. The summed E-state index contributed by atoms with van der Waals surface area (Å²) in [5.41, 5.74) is 1.89. The van der Waals surface area contributed by atoms with E-state index in [2.05, 4.69) is 5.32 Å². The van der Waals surface area contributed by atoms with Crippen molar-refractivity contribution in [2.45, 2.75) is 24.3 Å². The average Bonchev–Trinajstić information content (AvgIpc) is 3.32. The van der Waals surface area contributed by atoms with Gasteiger partial charge in [0.15, 0.2) is 0 Å². The van der Waals surface area contributed by atoms with Crippen LogP contribution in [0.1, 0.15) is 18.4 Å². The standard InChI is InChI=1S/C26H26ClN3O5S/c1-35-23-11-13-24(14-12-23)36(33,34)30(21-9-7-20(27)8-10-21)18-25(31)28-17-19-4-2-5-22(16-19)29-15-3-6-26(29)32/h2,4-5,7-14,16H,3,6,15,17-18H2,1H3,(H,28,31). The van der Waals surface area contributed by atoms with Crippen LogP contribution >= 0.6 is 11.6 Å². The van der Waals surface area contributed by atoms with Gasteiger partial charge in [-0.3, -0.25) is 13.9 Å². The molecule has 1 aliphatic heterocycles. The van der Waals surface area contributed by atoms with Crippen LogP contribution in [0.25, 0.3) is 0 Å². The largest absolute Gasteiger partial charge is 0.497 e. The molecule has 3 aromatic rings. The van der Waals surface area contributed by atoms with Crippen molar-refractivity contribution < 1.29 is 22.7 Å². The van der Waals surface area contributed by atoms with Crippen LogP contribution in [0.3, 0.4) is 0 Å². The first-order valence-corrected chi connectivity index (χ1v) is 13.2. The van der Waals surface area contributed by atoms with Crippen LogP contribution in [0.15, 0.2) is 77.7 Å². The summed E-state index contributed by atoms with van der Waals surface area (Å²) < 4.78 is 33.1. The molecule has 0 aliphatic carbocycles. The number of sulfonamides is 1. The van der Waals surface area contributed by atoms with Crippen molar-refractivity contribution in [2.24, 2.45) is 0 Å². The van der Waals surface area contributed by atoms with E-state index < -0.39 is 22.5 Å². The molecule has 3 aromatic carbocycles. The van der Waals surface area contributed by atoms with Crippen molar-refractivity contribution in [3.05, 3.63) is 83.4 Å². The maximum absolute atomic E-state index is 13.5. The van der Waals surface area contributed by atoms with E-state index in [0.717, 1.165) is 22.0 Å². The molecule has 1 fully saturated rings. The molecule has 1 saturated heterocycles. The Morgan fingerprint density at radius 3 is 2.44 bits per heavy atom. The van der Waals surface area contributed by atoms with Crippen LogP contribution in [0, 0.1) is 0 Å². The zero-order valence-electron chi connectivity index (χ0n) is 19.7. The molecule has 10 heteroatoms. The number of halogens is 1. The molecule has 0 saturated carbocycles. The van der Waals surface area contributed by atoms with Crippen molar-refractivity contribution in [1.82, 2.24) is 5.32 Å². The maximum Gasteiger partial charge on any atom is 0.264 e. The van der Waals surface area contributed by atoms with Gasteiger partial charge in [0.05, 0.1) is 17.7 Å². The number of methoxy groups -OCH3 is 1.